The molecule has 1 aliphatic carbocycles. The van der Waals surface area contributed by atoms with Crippen molar-refractivity contribution in [3.05, 3.63) is 60.7 Å². The first-order valence-corrected chi connectivity index (χ1v) is 8.42. The van der Waals surface area contributed by atoms with Crippen LogP contribution in [0.2, 0.25) is 0 Å². The van der Waals surface area contributed by atoms with Crippen LogP contribution in [0.15, 0.2) is 60.7 Å². The number of rotatable bonds is 5. The molecule has 1 N–H and O–H groups in total. The molecule has 0 saturated heterocycles. The fourth-order valence-corrected chi connectivity index (χ4v) is 3.57. The fourth-order valence-electron chi connectivity index (χ4n) is 3.57. The van der Waals surface area contributed by atoms with Crippen molar-refractivity contribution in [2.75, 3.05) is 5.01 Å². The molecule has 2 aromatic carbocycles. The second kappa shape index (κ2) is 6.97. The Labute approximate surface area is 134 Å². The normalized spacial score (nSPS) is 21.2. The Bertz CT molecular complexity index is 525. The molecule has 0 aromatic heterocycles. The first kappa shape index (κ1) is 15.1. The van der Waals surface area contributed by atoms with Crippen molar-refractivity contribution >= 4 is 11.4 Å². The predicted molar refractivity (Wildman–Crippen MR) is 94.1 cm³/mol. The van der Waals surface area contributed by atoms with E-state index in [-0.39, 0.29) is 0 Å². The summed E-state index contributed by atoms with van der Waals surface area (Å²) in [6, 6.07) is 21.8. The number of benzene rings is 2. The zero-order chi connectivity index (χ0) is 15.4. The van der Waals surface area contributed by atoms with Crippen molar-refractivity contribution in [2.45, 2.75) is 39.2 Å². The molecule has 3 rings (SSSR count). The lowest BCUT2D eigenvalue weighted by molar-refractivity contribution is 0.315. The number of anilines is 2. The smallest absolute Gasteiger partial charge is 0.0577 e. The zero-order valence-electron chi connectivity index (χ0n) is 13.6. The van der Waals surface area contributed by atoms with Gasteiger partial charge in [-0.05, 0) is 48.9 Å². The highest BCUT2D eigenvalue weighted by Crippen LogP contribution is 2.33. The second-order valence-corrected chi connectivity index (χ2v) is 6.58. The quantitative estimate of drug-likeness (QED) is 0.767. The van der Waals surface area contributed by atoms with E-state index in [1.807, 2.05) is 0 Å². The minimum absolute atomic E-state index is 0.556. The lowest BCUT2D eigenvalue weighted by Crippen LogP contribution is -2.45. The van der Waals surface area contributed by atoms with Gasteiger partial charge in [-0.25, -0.2) is 5.43 Å². The molecular weight excluding hydrogens is 268 g/mol. The summed E-state index contributed by atoms with van der Waals surface area (Å²) in [5.74, 6) is 1.49. The van der Waals surface area contributed by atoms with E-state index in [4.69, 9.17) is 0 Å². The van der Waals surface area contributed by atoms with Crippen molar-refractivity contribution in [1.82, 2.24) is 5.43 Å². The summed E-state index contributed by atoms with van der Waals surface area (Å²) in [5, 5.41) is 2.26. The van der Waals surface area contributed by atoms with Gasteiger partial charge in [-0.15, -0.1) is 0 Å². The van der Waals surface area contributed by atoms with Crippen molar-refractivity contribution in [3.63, 3.8) is 0 Å². The molecule has 2 atom stereocenters. The van der Waals surface area contributed by atoms with Crippen molar-refractivity contribution in [1.29, 1.82) is 0 Å². The molecule has 2 aromatic rings. The van der Waals surface area contributed by atoms with Crippen LogP contribution in [0, 0.1) is 11.8 Å². The highest BCUT2D eigenvalue weighted by Gasteiger charge is 2.31. The van der Waals surface area contributed by atoms with Crippen molar-refractivity contribution in [2.24, 2.45) is 11.8 Å². The van der Waals surface area contributed by atoms with Crippen molar-refractivity contribution in [3.8, 4) is 0 Å². The van der Waals surface area contributed by atoms with Gasteiger partial charge in [0.25, 0.3) is 0 Å². The maximum absolute atomic E-state index is 3.81. The van der Waals surface area contributed by atoms with E-state index in [9.17, 15) is 0 Å². The summed E-state index contributed by atoms with van der Waals surface area (Å²) < 4.78 is 0. The predicted octanol–water partition coefficient (Wildman–Crippen LogP) is 5.15. The number of nitrogens with zero attached hydrogens (tertiary/aromatic N) is 1. The molecule has 0 spiro atoms. The van der Waals surface area contributed by atoms with E-state index in [1.165, 1.54) is 30.6 Å². The molecular formula is C20H26N2. The van der Waals surface area contributed by atoms with Gasteiger partial charge >= 0.3 is 0 Å². The topological polar surface area (TPSA) is 15.3 Å². The van der Waals surface area contributed by atoms with Gasteiger partial charge in [-0.2, -0.15) is 0 Å². The number of para-hydroxylation sites is 2. The Morgan fingerprint density at radius 3 is 1.91 bits per heavy atom. The van der Waals surface area contributed by atoms with Gasteiger partial charge in [0.2, 0.25) is 0 Å². The van der Waals surface area contributed by atoms with Gasteiger partial charge in [-0.1, -0.05) is 56.7 Å². The number of nitrogens with one attached hydrogen (secondary N) is 1. The molecule has 0 bridgehead atoms. The number of hydrazine groups is 1. The third-order valence-electron chi connectivity index (χ3n) is 4.75. The van der Waals surface area contributed by atoms with Crippen LogP contribution in [0.25, 0.3) is 0 Å². The van der Waals surface area contributed by atoms with Crippen LogP contribution >= 0.6 is 0 Å². The average Bonchev–Trinajstić information content (AvgIpc) is 3.03. The van der Waals surface area contributed by atoms with Crippen LogP contribution in [-0.2, 0) is 0 Å². The Morgan fingerprint density at radius 2 is 1.41 bits per heavy atom. The summed E-state index contributed by atoms with van der Waals surface area (Å²) in [5.41, 5.74) is 6.21. The molecule has 0 radical (unpaired) electrons. The number of hydrogen-bond acceptors (Lipinski definition) is 2. The van der Waals surface area contributed by atoms with Crippen LogP contribution in [0.3, 0.4) is 0 Å². The van der Waals surface area contributed by atoms with E-state index >= 15 is 0 Å². The Morgan fingerprint density at radius 1 is 0.864 bits per heavy atom. The molecule has 0 amide bonds. The van der Waals surface area contributed by atoms with E-state index in [0.717, 1.165) is 11.8 Å². The fraction of sp³-hybridized carbons (Fsp3) is 0.400. The SMILES string of the molecule is CC(C)[C@@H]1CCC[C@@H]1NN(c1ccccc1)c1ccccc1. The lowest BCUT2D eigenvalue weighted by Gasteiger charge is -2.33. The lowest BCUT2D eigenvalue weighted by atomic mass is 9.91. The van der Waals surface area contributed by atoms with Gasteiger partial charge in [0.15, 0.2) is 0 Å². The van der Waals surface area contributed by atoms with Gasteiger partial charge in [0, 0.05) is 6.04 Å². The largest absolute Gasteiger partial charge is 0.277 e. The average molecular weight is 294 g/mol. The van der Waals surface area contributed by atoms with Crippen LogP contribution < -0.4 is 10.4 Å². The molecule has 22 heavy (non-hydrogen) atoms. The van der Waals surface area contributed by atoms with Gasteiger partial charge in [-0.3, -0.25) is 5.01 Å². The molecule has 0 heterocycles. The monoisotopic (exact) mass is 294 g/mol. The van der Waals surface area contributed by atoms with Crippen LogP contribution in [0.4, 0.5) is 11.4 Å². The van der Waals surface area contributed by atoms with Crippen LogP contribution in [-0.4, -0.2) is 6.04 Å². The van der Waals surface area contributed by atoms with Crippen molar-refractivity contribution < 1.29 is 0 Å². The first-order valence-electron chi connectivity index (χ1n) is 8.42. The Hall–Kier alpha value is -1.80. The zero-order valence-corrected chi connectivity index (χ0v) is 13.6. The third kappa shape index (κ3) is 3.33. The summed E-state index contributed by atoms with van der Waals surface area (Å²) in [4.78, 5) is 0. The summed E-state index contributed by atoms with van der Waals surface area (Å²) in [6.45, 7) is 4.69. The highest BCUT2D eigenvalue weighted by molar-refractivity contribution is 5.61. The van der Waals surface area contributed by atoms with Gasteiger partial charge in [0.05, 0.1) is 11.4 Å². The molecule has 1 aliphatic rings. The van der Waals surface area contributed by atoms with Gasteiger partial charge < -0.3 is 0 Å². The van der Waals surface area contributed by atoms with E-state index in [2.05, 4.69) is 84.9 Å². The second-order valence-electron chi connectivity index (χ2n) is 6.58. The molecule has 2 nitrogen and oxygen atoms in total. The molecule has 0 unspecified atom stereocenters. The molecule has 1 saturated carbocycles. The van der Waals surface area contributed by atoms with Crippen LogP contribution in [0.5, 0.6) is 0 Å². The summed E-state index contributed by atoms with van der Waals surface area (Å²) in [7, 11) is 0. The maximum Gasteiger partial charge on any atom is 0.0577 e. The first-order chi connectivity index (χ1) is 10.8. The molecule has 116 valence electrons. The Kier molecular flexibility index (Phi) is 4.79. The van der Waals surface area contributed by atoms with Gasteiger partial charge in [0.1, 0.15) is 0 Å². The molecule has 0 aliphatic heterocycles. The third-order valence-corrected chi connectivity index (χ3v) is 4.75. The van der Waals surface area contributed by atoms with E-state index in [0.29, 0.717) is 6.04 Å². The maximum atomic E-state index is 3.81. The molecule has 1 fully saturated rings. The standard InChI is InChI=1S/C20H26N2/c1-16(2)19-14-9-15-20(19)21-22(17-10-5-3-6-11-17)18-12-7-4-8-13-18/h3-8,10-13,16,19-21H,9,14-15H2,1-2H3/t19-,20-/m0/s1. The minimum Gasteiger partial charge on any atom is -0.277 e. The summed E-state index contributed by atoms with van der Waals surface area (Å²) >= 11 is 0. The number of hydrogen-bond donors (Lipinski definition) is 1. The summed E-state index contributed by atoms with van der Waals surface area (Å²) in [6.07, 6.45) is 3.93. The van der Waals surface area contributed by atoms with E-state index in [1.54, 1.807) is 0 Å². The minimum atomic E-state index is 0.556. The Balaban J connectivity index is 1.86. The van der Waals surface area contributed by atoms with E-state index < -0.39 is 0 Å². The van der Waals surface area contributed by atoms with Crippen LogP contribution in [0.1, 0.15) is 33.1 Å². The highest BCUT2D eigenvalue weighted by atomic mass is 15.5. The molecule has 2 heteroatoms.